The molecule has 1 N–H and O–H groups in total. The summed E-state index contributed by atoms with van der Waals surface area (Å²) in [5, 5.41) is 10.9. The maximum atomic E-state index is 12.1. The zero-order chi connectivity index (χ0) is 16.0. The highest BCUT2D eigenvalue weighted by Gasteiger charge is 2.24. The van der Waals surface area contributed by atoms with Crippen LogP contribution in [0.15, 0.2) is 41.3 Å². The predicted octanol–water partition coefficient (Wildman–Crippen LogP) is 1.79. The zero-order valence-corrected chi connectivity index (χ0v) is 12.8. The number of hydrogen-bond donors (Lipinski definition) is 1. The van der Waals surface area contributed by atoms with Crippen molar-refractivity contribution in [2.75, 3.05) is 14.1 Å². The molecule has 7 heteroatoms. The van der Waals surface area contributed by atoms with Crippen LogP contribution in [-0.2, 0) is 6.54 Å². The van der Waals surface area contributed by atoms with Gasteiger partial charge in [0.05, 0.1) is 17.6 Å². The van der Waals surface area contributed by atoms with Gasteiger partial charge in [-0.2, -0.15) is 10.2 Å². The number of aromatic amines is 1. The lowest BCUT2D eigenvalue weighted by molar-refractivity contribution is 0.395. The molecular weight excluding hydrogens is 294 g/mol. The predicted molar refractivity (Wildman–Crippen MR) is 84.9 cm³/mol. The highest BCUT2D eigenvalue weighted by atomic mass is 16.5. The van der Waals surface area contributed by atoms with Gasteiger partial charge in [-0.1, -0.05) is 12.1 Å². The van der Waals surface area contributed by atoms with E-state index in [4.69, 9.17) is 4.74 Å². The molecule has 0 radical (unpaired) electrons. The summed E-state index contributed by atoms with van der Waals surface area (Å²) in [6, 6.07) is 9.62. The van der Waals surface area contributed by atoms with Crippen LogP contribution in [-0.4, -0.2) is 39.0 Å². The molecule has 0 amide bonds. The quantitative estimate of drug-likeness (QED) is 0.611. The Morgan fingerprint density at radius 3 is 2.96 bits per heavy atom. The second-order valence-corrected chi connectivity index (χ2v) is 5.68. The van der Waals surface area contributed by atoms with Crippen LogP contribution in [0.5, 0.6) is 11.5 Å². The van der Waals surface area contributed by atoms with E-state index in [1.54, 1.807) is 10.9 Å². The lowest BCUT2D eigenvalue weighted by Gasteiger charge is -2.08. The van der Waals surface area contributed by atoms with Crippen molar-refractivity contribution in [2.45, 2.75) is 6.54 Å². The third kappa shape index (κ3) is 2.22. The monoisotopic (exact) mass is 309 g/mol. The highest BCUT2D eigenvalue weighted by molar-refractivity contribution is 5.72. The Hall–Kier alpha value is -2.93. The summed E-state index contributed by atoms with van der Waals surface area (Å²) in [7, 11) is 3.98. The van der Waals surface area contributed by atoms with E-state index >= 15 is 0 Å². The van der Waals surface area contributed by atoms with Crippen LogP contribution in [0.4, 0.5) is 0 Å². The van der Waals surface area contributed by atoms with Crippen LogP contribution in [0, 0.1) is 0 Å². The number of para-hydroxylation sites is 1. The first-order valence-corrected chi connectivity index (χ1v) is 7.22. The lowest BCUT2D eigenvalue weighted by Crippen LogP contribution is -2.14. The maximum Gasteiger partial charge on any atom is 0.309 e. The van der Waals surface area contributed by atoms with Gasteiger partial charge in [-0.3, -0.25) is 4.79 Å². The van der Waals surface area contributed by atoms with Crippen molar-refractivity contribution in [3.8, 4) is 28.4 Å². The molecule has 0 spiro atoms. The third-order valence-corrected chi connectivity index (χ3v) is 3.63. The Kier molecular flexibility index (Phi) is 3.02. The van der Waals surface area contributed by atoms with E-state index in [-0.39, 0.29) is 11.3 Å². The van der Waals surface area contributed by atoms with Crippen molar-refractivity contribution >= 4 is 0 Å². The molecule has 3 heterocycles. The van der Waals surface area contributed by atoms with E-state index in [0.717, 1.165) is 17.0 Å². The van der Waals surface area contributed by atoms with Gasteiger partial charge in [0.1, 0.15) is 11.4 Å². The molecule has 0 saturated heterocycles. The average molecular weight is 309 g/mol. The fourth-order valence-electron chi connectivity index (χ4n) is 2.71. The van der Waals surface area contributed by atoms with Crippen LogP contribution in [0.3, 0.4) is 0 Å². The van der Waals surface area contributed by atoms with Gasteiger partial charge in [0.2, 0.25) is 5.75 Å². The van der Waals surface area contributed by atoms with Crippen molar-refractivity contribution < 1.29 is 4.74 Å². The molecule has 1 aliphatic heterocycles. The minimum atomic E-state index is -0.380. The molecule has 1 aromatic carbocycles. The summed E-state index contributed by atoms with van der Waals surface area (Å²) in [6.45, 7) is 0.703. The molecule has 0 atom stereocenters. The Bertz CT molecular complexity index is 942. The minimum Gasteiger partial charge on any atom is -0.448 e. The second-order valence-electron chi connectivity index (χ2n) is 5.68. The SMILES string of the molecule is CN(C)Cc1cc2n(n1)-c1cn[nH]c(=O)c1Oc1ccccc1-2. The largest absolute Gasteiger partial charge is 0.448 e. The number of H-pyrrole nitrogens is 1. The summed E-state index contributed by atoms with van der Waals surface area (Å²) in [5.74, 6) is 0.825. The van der Waals surface area contributed by atoms with Gasteiger partial charge in [-0.25, -0.2) is 9.78 Å². The molecule has 4 rings (SSSR count). The first-order chi connectivity index (χ1) is 11.1. The normalized spacial score (nSPS) is 12.1. The van der Waals surface area contributed by atoms with Gasteiger partial charge in [0, 0.05) is 12.1 Å². The van der Waals surface area contributed by atoms with Crippen molar-refractivity contribution in [1.29, 1.82) is 0 Å². The number of rotatable bonds is 2. The zero-order valence-electron chi connectivity index (χ0n) is 12.8. The van der Waals surface area contributed by atoms with Crippen molar-refractivity contribution in [3.05, 3.63) is 52.6 Å². The lowest BCUT2D eigenvalue weighted by atomic mass is 10.1. The number of ether oxygens (including phenoxy) is 1. The van der Waals surface area contributed by atoms with Gasteiger partial charge in [-0.05, 0) is 32.3 Å². The van der Waals surface area contributed by atoms with Gasteiger partial charge >= 0.3 is 5.56 Å². The number of nitrogens with one attached hydrogen (secondary N) is 1. The van der Waals surface area contributed by atoms with Crippen LogP contribution in [0.1, 0.15) is 5.69 Å². The first-order valence-electron chi connectivity index (χ1n) is 7.22. The van der Waals surface area contributed by atoms with E-state index < -0.39 is 0 Å². The van der Waals surface area contributed by atoms with Crippen LogP contribution < -0.4 is 10.3 Å². The van der Waals surface area contributed by atoms with Crippen LogP contribution in [0.25, 0.3) is 16.9 Å². The Labute approximate surface area is 132 Å². The molecule has 1 aliphatic rings. The van der Waals surface area contributed by atoms with E-state index in [1.807, 2.05) is 49.3 Å². The number of nitrogens with zero attached hydrogens (tertiary/aromatic N) is 4. The molecule has 0 fully saturated rings. The molecule has 2 aromatic heterocycles. The molecule has 0 aliphatic carbocycles. The molecule has 0 unspecified atom stereocenters. The van der Waals surface area contributed by atoms with Crippen LogP contribution in [0.2, 0.25) is 0 Å². The third-order valence-electron chi connectivity index (χ3n) is 3.63. The summed E-state index contributed by atoms with van der Waals surface area (Å²) >= 11 is 0. The molecule has 7 nitrogen and oxygen atoms in total. The Morgan fingerprint density at radius 1 is 1.30 bits per heavy atom. The second kappa shape index (κ2) is 5.06. The first kappa shape index (κ1) is 13.7. The number of hydrogen-bond acceptors (Lipinski definition) is 5. The maximum absolute atomic E-state index is 12.1. The molecule has 116 valence electrons. The van der Waals surface area contributed by atoms with E-state index in [2.05, 4.69) is 15.3 Å². The van der Waals surface area contributed by atoms with Gasteiger partial charge < -0.3 is 9.64 Å². The number of aromatic nitrogens is 4. The Balaban J connectivity index is 2.02. The highest BCUT2D eigenvalue weighted by Crippen LogP contribution is 2.39. The average Bonchev–Trinajstić information content (AvgIpc) is 2.87. The molecule has 23 heavy (non-hydrogen) atoms. The summed E-state index contributed by atoms with van der Waals surface area (Å²) in [4.78, 5) is 14.2. The Morgan fingerprint density at radius 2 is 2.13 bits per heavy atom. The van der Waals surface area contributed by atoms with Gasteiger partial charge in [0.15, 0.2) is 0 Å². The smallest absolute Gasteiger partial charge is 0.309 e. The molecule has 3 aromatic rings. The van der Waals surface area contributed by atoms with Gasteiger partial charge in [0.25, 0.3) is 0 Å². The fourth-order valence-corrected chi connectivity index (χ4v) is 2.71. The van der Waals surface area contributed by atoms with Gasteiger partial charge in [-0.15, -0.1) is 0 Å². The molecule has 0 bridgehead atoms. The fraction of sp³-hybridized carbons (Fsp3) is 0.188. The van der Waals surface area contributed by atoms with Crippen molar-refractivity contribution in [3.63, 3.8) is 0 Å². The van der Waals surface area contributed by atoms with E-state index in [0.29, 0.717) is 18.0 Å². The van der Waals surface area contributed by atoms with Crippen molar-refractivity contribution in [1.82, 2.24) is 24.9 Å². The molecular formula is C16H15N5O2. The minimum absolute atomic E-state index is 0.200. The summed E-state index contributed by atoms with van der Waals surface area (Å²) in [6.07, 6.45) is 1.55. The van der Waals surface area contributed by atoms with Crippen molar-refractivity contribution in [2.24, 2.45) is 0 Å². The van der Waals surface area contributed by atoms with E-state index in [9.17, 15) is 4.79 Å². The molecule has 0 saturated carbocycles. The number of benzene rings is 1. The number of fused-ring (bicyclic) bond motifs is 5. The summed E-state index contributed by atoms with van der Waals surface area (Å²) in [5.41, 5.74) is 2.83. The topological polar surface area (TPSA) is 76.0 Å². The van der Waals surface area contributed by atoms with Crippen LogP contribution >= 0.6 is 0 Å². The standard InChI is InChI=1S/C16H15N5O2/c1-20(2)9-10-7-12-11-5-3-4-6-14(11)23-15-13(21(12)19-10)8-17-18-16(15)22/h3-8H,9H2,1-2H3,(H,18,22). The van der Waals surface area contributed by atoms with E-state index in [1.165, 1.54) is 0 Å². The summed E-state index contributed by atoms with van der Waals surface area (Å²) < 4.78 is 7.56.